The van der Waals surface area contributed by atoms with E-state index in [1.807, 2.05) is 11.8 Å². The van der Waals surface area contributed by atoms with Crippen LogP contribution < -0.4 is 0 Å². The molecule has 0 aromatic rings. The predicted molar refractivity (Wildman–Crippen MR) is 51.1 cm³/mol. The first-order valence-electron chi connectivity index (χ1n) is 4.31. The number of rotatable bonds is 0. The minimum Gasteiger partial charge on any atom is -0.359 e. The number of likely N-dealkylation sites (tertiary alicyclic amines) is 1. The summed E-state index contributed by atoms with van der Waals surface area (Å²) in [7, 11) is 0. The standard InChI is InChI=1S/C9H17N3/c1-7(10)12-5-4-8(11)9(2,3)6-12/h10-11H,4-6H2,1-3H3. The van der Waals surface area contributed by atoms with Crippen LogP contribution in [-0.4, -0.2) is 29.5 Å². The molecule has 3 heteroatoms. The smallest absolute Gasteiger partial charge is 0.0926 e. The van der Waals surface area contributed by atoms with Crippen LogP contribution in [0.1, 0.15) is 27.2 Å². The Bertz CT molecular complexity index is 218. The molecule has 2 N–H and O–H groups in total. The fourth-order valence-electron chi connectivity index (χ4n) is 1.52. The molecule has 1 saturated heterocycles. The third kappa shape index (κ3) is 1.65. The van der Waals surface area contributed by atoms with E-state index in [0.29, 0.717) is 5.84 Å². The number of hydrogen-bond donors (Lipinski definition) is 2. The van der Waals surface area contributed by atoms with Gasteiger partial charge in [0.25, 0.3) is 0 Å². The number of amidine groups is 1. The molecule has 1 fully saturated rings. The van der Waals surface area contributed by atoms with Gasteiger partial charge in [0.15, 0.2) is 0 Å². The van der Waals surface area contributed by atoms with Gasteiger partial charge in [0.2, 0.25) is 0 Å². The summed E-state index contributed by atoms with van der Waals surface area (Å²) in [4.78, 5) is 2.04. The summed E-state index contributed by atoms with van der Waals surface area (Å²) in [6, 6.07) is 0. The topological polar surface area (TPSA) is 50.9 Å². The van der Waals surface area contributed by atoms with E-state index in [-0.39, 0.29) is 5.41 Å². The second-order valence-corrected chi connectivity index (χ2v) is 4.12. The average Bonchev–Trinajstić information content (AvgIpc) is 1.94. The van der Waals surface area contributed by atoms with Gasteiger partial charge in [0.05, 0.1) is 5.84 Å². The van der Waals surface area contributed by atoms with Crippen LogP contribution in [0.15, 0.2) is 0 Å². The largest absolute Gasteiger partial charge is 0.359 e. The van der Waals surface area contributed by atoms with Gasteiger partial charge in [-0.2, -0.15) is 0 Å². The van der Waals surface area contributed by atoms with Crippen molar-refractivity contribution in [3.63, 3.8) is 0 Å². The maximum Gasteiger partial charge on any atom is 0.0926 e. The normalized spacial score (nSPS) is 22.6. The monoisotopic (exact) mass is 167 g/mol. The van der Waals surface area contributed by atoms with Gasteiger partial charge < -0.3 is 10.3 Å². The number of hydrogen-bond acceptors (Lipinski definition) is 2. The molecular formula is C9H17N3. The molecule has 0 atom stereocenters. The number of nitrogens with zero attached hydrogens (tertiary/aromatic N) is 1. The van der Waals surface area contributed by atoms with E-state index in [9.17, 15) is 0 Å². The fraction of sp³-hybridized carbons (Fsp3) is 0.778. The molecule has 0 radical (unpaired) electrons. The van der Waals surface area contributed by atoms with Gasteiger partial charge in [-0.25, -0.2) is 0 Å². The molecule has 0 saturated carbocycles. The lowest BCUT2D eigenvalue weighted by atomic mass is 9.82. The molecule has 12 heavy (non-hydrogen) atoms. The van der Waals surface area contributed by atoms with E-state index < -0.39 is 0 Å². The molecule has 0 spiro atoms. The summed E-state index contributed by atoms with van der Waals surface area (Å²) in [6.07, 6.45) is 0.809. The van der Waals surface area contributed by atoms with Crippen LogP contribution in [0, 0.1) is 16.2 Å². The van der Waals surface area contributed by atoms with Crippen LogP contribution in [0.3, 0.4) is 0 Å². The van der Waals surface area contributed by atoms with E-state index in [0.717, 1.165) is 25.2 Å². The molecule has 1 heterocycles. The lowest BCUT2D eigenvalue weighted by Gasteiger charge is -2.39. The quantitative estimate of drug-likeness (QED) is 0.419. The highest BCUT2D eigenvalue weighted by atomic mass is 15.2. The Hall–Kier alpha value is -0.860. The van der Waals surface area contributed by atoms with Crippen molar-refractivity contribution in [1.82, 2.24) is 4.90 Å². The molecule has 68 valence electrons. The average molecular weight is 167 g/mol. The lowest BCUT2D eigenvalue weighted by molar-refractivity contribution is 0.291. The Morgan fingerprint density at radius 2 is 2.08 bits per heavy atom. The highest BCUT2D eigenvalue weighted by Gasteiger charge is 2.31. The fourth-order valence-corrected chi connectivity index (χ4v) is 1.52. The zero-order valence-corrected chi connectivity index (χ0v) is 8.07. The van der Waals surface area contributed by atoms with Gasteiger partial charge >= 0.3 is 0 Å². The Labute approximate surface area is 73.8 Å². The van der Waals surface area contributed by atoms with E-state index in [4.69, 9.17) is 10.8 Å². The van der Waals surface area contributed by atoms with Gasteiger partial charge in [-0.15, -0.1) is 0 Å². The van der Waals surface area contributed by atoms with Crippen LogP contribution in [0.4, 0.5) is 0 Å². The third-order valence-electron chi connectivity index (χ3n) is 2.51. The van der Waals surface area contributed by atoms with Gasteiger partial charge in [-0.3, -0.25) is 5.41 Å². The molecule has 1 aliphatic heterocycles. The second-order valence-electron chi connectivity index (χ2n) is 4.12. The van der Waals surface area contributed by atoms with Gasteiger partial charge in [0.1, 0.15) is 0 Å². The van der Waals surface area contributed by atoms with Gasteiger partial charge in [-0.1, -0.05) is 13.8 Å². The number of nitrogens with one attached hydrogen (secondary N) is 2. The molecule has 0 aromatic carbocycles. The summed E-state index contributed by atoms with van der Waals surface area (Å²) in [5, 5.41) is 15.2. The highest BCUT2D eigenvalue weighted by molar-refractivity contribution is 5.89. The molecule has 0 aromatic heterocycles. The molecule has 0 amide bonds. The summed E-state index contributed by atoms with van der Waals surface area (Å²) in [6.45, 7) is 7.62. The molecule has 1 aliphatic rings. The van der Waals surface area contributed by atoms with Crippen molar-refractivity contribution in [1.29, 1.82) is 10.8 Å². The summed E-state index contributed by atoms with van der Waals surface area (Å²) in [5.41, 5.74) is 0.778. The van der Waals surface area contributed by atoms with Crippen LogP contribution in [-0.2, 0) is 0 Å². The molecular weight excluding hydrogens is 150 g/mol. The molecule has 0 unspecified atom stereocenters. The van der Waals surface area contributed by atoms with E-state index in [1.54, 1.807) is 0 Å². The first kappa shape index (κ1) is 9.23. The van der Waals surface area contributed by atoms with Crippen LogP contribution in [0.2, 0.25) is 0 Å². The first-order valence-corrected chi connectivity index (χ1v) is 4.31. The molecule has 3 nitrogen and oxygen atoms in total. The predicted octanol–water partition coefficient (Wildman–Crippen LogP) is 1.74. The Morgan fingerprint density at radius 3 is 2.50 bits per heavy atom. The Morgan fingerprint density at radius 1 is 1.50 bits per heavy atom. The van der Waals surface area contributed by atoms with Crippen molar-refractivity contribution < 1.29 is 0 Å². The third-order valence-corrected chi connectivity index (χ3v) is 2.51. The zero-order chi connectivity index (χ0) is 9.35. The SMILES string of the molecule is CC(=N)N1CCC(=N)C(C)(C)C1. The van der Waals surface area contributed by atoms with Crippen LogP contribution in [0.5, 0.6) is 0 Å². The van der Waals surface area contributed by atoms with Crippen molar-refractivity contribution in [3.8, 4) is 0 Å². The molecule has 0 aliphatic carbocycles. The highest BCUT2D eigenvalue weighted by Crippen LogP contribution is 2.25. The van der Waals surface area contributed by atoms with E-state index >= 15 is 0 Å². The molecule has 1 rings (SSSR count). The van der Waals surface area contributed by atoms with Gasteiger partial charge in [0, 0.05) is 30.6 Å². The van der Waals surface area contributed by atoms with Crippen molar-refractivity contribution in [2.24, 2.45) is 5.41 Å². The van der Waals surface area contributed by atoms with Crippen molar-refractivity contribution in [3.05, 3.63) is 0 Å². The Kier molecular flexibility index (Phi) is 2.22. The van der Waals surface area contributed by atoms with E-state index in [1.165, 1.54) is 0 Å². The lowest BCUT2D eigenvalue weighted by Crippen LogP contribution is -2.47. The number of piperidine rings is 1. The first-order chi connectivity index (χ1) is 5.43. The summed E-state index contributed by atoms with van der Waals surface area (Å²) in [5.74, 6) is 0.621. The van der Waals surface area contributed by atoms with Crippen molar-refractivity contribution in [2.75, 3.05) is 13.1 Å². The van der Waals surface area contributed by atoms with E-state index in [2.05, 4.69) is 13.8 Å². The maximum absolute atomic E-state index is 7.73. The van der Waals surface area contributed by atoms with Crippen LogP contribution >= 0.6 is 0 Å². The van der Waals surface area contributed by atoms with Crippen molar-refractivity contribution >= 4 is 11.5 Å². The maximum atomic E-state index is 7.73. The van der Waals surface area contributed by atoms with Crippen LogP contribution in [0.25, 0.3) is 0 Å². The zero-order valence-electron chi connectivity index (χ0n) is 8.07. The van der Waals surface area contributed by atoms with Crippen molar-refractivity contribution in [2.45, 2.75) is 27.2 Å². The minimum absolute atomic E-state index is 0.0411. The minimum atomic E-state index is -0.0411. The summed E-state index contributed by atoms with van der Waals surface area (Å²) < 4.78 is 0. The second kappa shape index (κ2) is 2.88. The molecule has 0 bridgehead atoms. The van der Waals surface area contributed by atoms with Gasteiger partial charge in [-0.05, 0) is 6.92 Å². The Balaban J connectivity index is 2.69. The summed E-state index contributed by atoms with van der Waals surface area (Å²) >= 11 is 0.